The van der Waals surface area contributed by atoms with E-state index in [4.69, 9.17) is 4.74 Å². The van der Waals surface area contributed by atoms with Crippen molar-refractivity contribution in [2.75, 3.05) is 7.11 Å². The minimum Gasteiger partial charge on any atom is -0.494 e. The van der Waals surface area contributed by atoms with Crippen molar-refractivity contribution in [2.24, 2.45) is 0 Å². The molecule has 54 valence electrons. The molecule has 0 radical (unpaired) electrons. The highest BCUT2D eigenvalue weighted by Crippen LogP contribution is 2.14. The predicted octanol–water partition coefficient (Wildman–Crippen LogP) is 1.54. The molecule has 0 unspecified atom stereocenters. The van der Waals surface area contributed by atoms with Crippen molar-refractivity contribution in [3.05, 3.63) is 23.8 Å². The summed E-state index contributed by atoms with van der Waals surface area (Å²) in [6.07, 6.45) is 1.15. The lowest BCUT2D eigenvalue weighted by atomic mass is 10.3. The number of aromatic nitrogens is 1. The van der Waals surface area contributed by atoms with Crippen LogP contribution in [-0.2, 0) is 0 Å². The van der Waals surface area contributed by atoms with Gasteiger partial charge in [-0.05, 0) is 6.92 Å². The molecule has 1 aromatic rings. The molecule has 0 aromatic carbocycles. The smallest absolute Gasteiger partial charge is 0.183 e. The van der Waals surface area contributed by atoms with Crippen molar-refractivity contribution < 1.29 is 9.13 Å². The van der Waals surface area contributed by atoms with Crippen LogP contribution in [0.4, 0.5) is 4.39 Å². The molecule has 3 heteroatoms. The third-order valence-electron chi connectivity index (χ3n) is 1.18. The summed E-state index contributed by atoms with van der Waals surface area (Å²) in [5, 5.41) is 0. The minimum atomic E-state index is -0.423. The molecule has 0 aliphatic rings. The molecule has 1 aromatic heterocycles. The van der Waals surface area contributed by atoms with Crippen LogP contribution < -0.4 is 4.74 Å². The summed E-state index contributed by atoms with van der Waals surface area (Å²) in [7, 11) is 1.43. The monoisotopic (exact) mass is 141 g/mol. The molecule has 0 saturated carbocycles. The molecular formula is C7H8FNO. The van der Waals surface area contributed by atoms with Crippen LogP contribution in [0.1, 0.15) is 5.69 Å². The van der Waals surface area contributed by atoms with Crippen LogP contribution in [-0.4, -0.2) is 12.1 Å². The molecule has 2 nitrogen and oxygen atoms in total. The molecule has 0 bridgehead atoms. The number of nitrogens with zero attached hydrogens (tertiary/aromatic N) is 1. The van der Waals surface area contributed by atoms with E-state index in [1.54, 1.807) is 13.0 Å². The van der Waals surface area contributed by atoms with Gasteiger partial charge in [-0.15, -0.1) is 0 Å². The van der Waals surface area contributed by atoms with E-state index in [0.717, 1.165) is 11.9 Å². The number of halogens is 1. The van der Waals surface area contributed by atoms with E-state index < -0.39 is 5.82 Å². The van der Waals surface area contributed by atoms with Crippen LogP contribution in [0.25, 0.3) is 0 Å². The second kappa shape index (κ2) is 2.64. The maximum atomic E-state index is 12.6. The maximum Gasteiger partial charge on any atom is 0.183 e. The quantitative estimate of drug-likeness (QED) is 0.591. The molecular weight excluding hydrogens is 133 g/mol. The van der Waals surface area contributed by atoms with Crippen molar-refractivity contribution in [1.29, 1.82) is 0 Å². The normalized spacial score (nSPS) is 9.50. The van der Waals surface area contributed by atoms with Gasteiger partial charge in [-0.25, -0.2) is 4.39 Å². The zero-order chi connectivity index (χ0) is 7.56. The second-order valence-electron chi connectivity index (χ2n) is 1.96. The molecule has 0 N–H and O–H groups in total. The number of pyridine rings is 1. The van der Waals surface area contributed by atoms with Gasteiger partial charge in [0.05, 0.1) is 13.3 Å². The third-order valence-corrected chi connectivity index (χ3v) is 1.18. The van der Waals surface area contributed by atoms with Gasteiger partial charge in [0.2, 0.25) is 0 Å². The summed E-state index contributed by atoms with van der Waals surface area (Å²) < 4.78 is 17.3. The fraction of sp³-hybridized carbons (Fsp3) is 0.286. The van der Waals surface area contributed by atoms with Gasteiger partial charge in [-0.2, -0.15) is 0 Å². The molecule has 1 rings (SSSR count). The van der Waals surface area contributed by atoms with Gasteiger partial charge in [0.1, 0.15) is 0 Å². The van der Waals surface area contributed by atoms with E-state index >= 15 is 0 Å². The SMILES string of the molecule is COc1cc(C)ncc1F. The lowest BCUT2D eigenvalue weighted by Gasteiger charge is -2.00. The van der Waals surface area contributed by atoms with Gasteiger partial charge in [-0.1, -0.05) is 0 Å². The van der Waals surface area contributed by atoms with Crippen LogP contribution in [0.3, 0.4) is 0 Å². The Morgan fingerprint density at radius 2 is 2.30 bits per heavy atom. The van der Waals surface area contributed by atoms with Crippen molar-refractivity contribution in [3.8, 4) is 5.75 Å². The lowest BCUT2D eigenvalue weighted by molar-refractivity contribution is 0.384. The van der Waals surface area contributed by atoms with Gasteiger partial charge < -0.3 is 4.74 Å². The summed E-state index contributed by atoms with van der Waals surface area (Å²) in [6.45, 7) is 1.78. The molecule has 0 aliphatic heterocycles. The second-order valence-corrected chi connectivity index (χ2v) is 1.96. The summed E-state index contributed by atoms with van der Waals surface area (Å²) >= 11 is 0. The lowest BCUT2D eigenvalue weighted by Crippen LogP contribution is -1.90. The van der Waals surface area contributed by atoms with Gasteiger partial charge in [0, 0.05) is 11.8 Å². The molecule has 0 atom stereocenters. The van der Waals surface area contributed by atoms with Crippen LogP contribution >= 0.6 is 0 Å². The van der Waals surface area contributed by atoms with Crippen molar-refractivity contribution in [3.63, 3.8) is 0 Å². The van der Waals surface area contributed by atoms with E-state index in [1.165, 1.54) is 7.11 Å². The first-order chi connectivity index (χ1) is 4.74. The third kappa shape index (κ3) is 1.23. The summed E-state index contributed by atoms with van der Waals surface area (Å²) in [6, 6.07) is 1.55. The first-order valence-electron chi connectivity index (χ1n) is 2.90. The number of ether oxygens (including phenoxy) is 1. The van der Waals surface area contributed by atoms with Crippen molar-refractivity contribution in [2.45, 2.75) is 6.92 Å². The number of hydrogen-bond donors (Lipinski definition) is 0. The number of rotatable bonds is 1. The Labute approximate surface area is 58.7 Å². The van der Waals surface area contributed by atoms with Crippen LogP contribution in [0.2, 0.25) is 0 Å². The Morgan fingerprint density at radius 3 is 2.80 bits per heavy atom. The van der Waals surface area contributed by atoms with Crippen molar-refractivity contribution in [1.82, 2.24) is 4.98 Å². The van der Waals surface area contributed by atoms with Gasteiger partial charge >= 0.3 is 0 Å². The molecule has 0 amide bonds. The summed E-state index contributed by atoms with van der Waals surface area (Å²) in [5.41, 5.74) is 0.748. The number of methoxy groups -OCH3 is 1. The van der Waals surface area contributed by atoms with E-state index in [9.17, 15) is 4.39 Å². The van der Waals surface area contributed by atoms with Crippen LogP contribution in [0.15, 0.2) is 12.3 Å². The van der Waals surface area contributed by atoms with E-state index in [1.807, 2.05) is 0 Å². The summed E-state index contributed by atoms with van der Waals surface area (Å²) in [4.78, 5) is 3.73. The highest BCUT2D eigenvalue weighted by atomic mass is 19.1. The molecule has 0 saturated heterocycles. The Bertz CT molecular complexity index is 237. The fourth-order valence-electron chi connectivity index (χ4n) is 0.674. The zero-order valence-corrected chi connectivity index (χ0v) is 5.89. The Kier molecular flexibility index (Phi) is 1.85. The average molecular weight is 141 g/mol. The molecule has 0 spiro atoms. The van der Waals surface area contributed by atoms with Gasteiger partial charge in [-0.3, -0.25) is 4.98 Å². The predicted molar refractivity (Wildman–Crippen MR) is 35.5 cm³/mol. The first kappa shape index (κ1) is 6.99. The van der Waals surface area contributed by atoms with E-state index in [2.05, 4.69) is 4.98 Å². The summed E-state index contributed by atoms with van der Waals surface area (Å²) in [5.74, 6) is -0.180. The number of hydrogen-bond acceptors (Lipinski definition) is 2. The van der Waals surface area contributed by atoms with E-state index in [0.29, 0.717) is 0 Å². The average Bonchev–Trinajstić information content (AvgIpc) is 1.94. The highest BCUT2D eigenvalue weighted by Gasteiger charge is 2.00. The van der Waals surface area contributed by atoms with Gasteiger partial charge in [0.25, 0.3) is 0 Å². The van der Waals surface area contributed by atoms with E-state index in [-0.39, 0.29) is 5.75 Å². The largest absolute Gasteiger partial charge is 0.494 e. The minimum absolute atomic E-state index is 0.243. The van der Waals surface area contributed by atoms with Crippen molar-refractivity contribution >= 4 is 0 Å². The fourth-order valence-corrected chi connectivity index (χ4v) is 0.674. The topological polar surface area (TPSA) is 22.1 Å². The zero-order valence-electron chi connectivity index (χ0n) is 5.89. The first-order valence-corrected chi connectivity index (χ1v) is 2.90. The molecule has 1 heterocycles. The Balaban J connectivity index is 3.09. The van der Waals surface area contributed by atoms with Crippen LogP contribution in [0, 0.1) is 12.7 Å². The Hall–Kier alpha value is -1.12. The Morgan fingerprint density at radius 1 is 1.60 bits per heavy atom. The van der Waals surface area contributed by atoms with Gasteiger partial charge in [0.15, 0.2) is 11.6 Å². The standard InChI is InChI=1S/C7H8FNO/c1-5-3-7(10-2)6(8)4-9-5/h3-4H,1-2H3. The maximum absolute atomic E-state index is 12.6. The number of aryl methyl sites for hydroxylation is 1. The molecule has 10 heavy (non-hydrogen) atoms. The molecule has 0 aliphatic carbocycles. The van der Waals surface area contributed by atoms with Crippen LogP contribution in [0.5, 0.6) is 5.75 Å². The molecule has 0 fully saturated rings. The highest BCUT2D eigenvalue weighted by molar-refractivity contribution is 5.23.